The Hall–Kier alpha value is -4.87. The van der Waals surface area contributed by atoms with E-state index in [2.05, 4.69) is 15.4 Å². The molecule has 1 aliphatic carbocycles. The van der Waals surface area contributed by atoms with Gasteiger partial charge in [0.05, 0.1) is 30.8 Å². The number of rotatable bonds is 5. The van der Waals surface area contributed by atoms with E-state index in [1.165, 1.54) is 29.0 Å². The average Bonchev–Trinajstić information content (AvgIpc) is 3.04. The van der Waals surface area contributed by atoms with Crippen molar-refractivity contribution >= 4 is 29.5 Å². The quantitative estimate of drug-likeness (QED) is 0.395. The van der Waals surface area contributed by atoms with E-state index in [0.717, 1.165) is 48.2 Å². The van der Waals surface area contributed by atoms with Crippen LogP contribution in [0.2, 0.25) is 0 Å². The lowest BCUT2D eigenvalue weighted by Gasteiger charge is -2.41. The summed E-state index contributed by atoms with van der Waals surface area (Å²) in [5.41, 5.74) is 1.95. The fourth-order valence-electron chi connectivity index (χ4n) is 5.58. The van der Waals surface area contributed by atoms with Crippen LogP contribution in [0.15, 0.2) is 72.8 Å². The molecule has 1 fully saturated rings. The molecule has 5 rings (SSSR count). The molecule has 3 aromatic rings. The van der Waals surface area contributed by atoms with Gasteiger partial charge in [-0.3, -0.25) is 9.59 Å². The van der Waals surface area contributed by atoms with Crippen molar-refractivity contribution in [3.05, 3.63) is 101 Å². The third kappa shape index (κ3) is 6.69. The van der Waals surface area contributed by atoms with Crippen molar-refractivity contribution in [2.45, 2.75) is 37.5 Å². The number of ether oxygens (including phenoxy) is 1. The summed E-state index contributed by atoms with van der Waals surface area (Å²) in [7, 11) is 1.26. The van der Waals surface area contributed by atoms with Crippen LogP contribution in [0.4, 0.5) is 23.7 Å². The summed E-state index contributed by atoms with van der Waals surface area (Å²) >= 11 is 0. The molecule has 44 heavy (non-hydrogen) atoms. The van der Waals surface area contributed by atoms with Gasteiger partial charge in [-0.05, 0) is 78.9 Å². The molecule has 0 saturated carbocycles. The third-order valence-corrected chi connectivity index (χ3v) is 7.93. The molecular weight excluding hydrogens is 577 g/mol. The smallest absolute Gasteiger partial charge is 0.416 e. The Balaban J connectivity index is 1.36. The van der Waals surface area contributed by atoms with E-state index in [1.54, 1.807) is 12.1 Å². The zero-order valence-corrected chi connectivity index (χ0v) is 23.9. The number of aryl methyl sites for hydroxylation is 1. The third-order valence-electron chi connectivity index (χ3n) is 7.93. The number of fused-ring (bicyclic) bond motifs is 1. The number of halogens is 3. The van der Waals surface area contributed by atoms with Crippen LogP contribution in [0.5, 0.6) is 0 Å². The van der Waals surface area contributed by atoms with Gasteiger partial charge in [-0.15, -0.1) is 0 Å². The molecule has 9 nitrogen and oxygen atoms in total. The summed E-state index contributed by atoms with van der Waals surface area (Å²) < 4.78 is 44.0. The molecule has 230 valence electrons. The van der Waals surface area contributed by atoms with Crippen LogP contribution in [0.3, 0.4) is 0 Å². The number of carbonyl (C=O) groups is 4. The van der Waals surface area contributed by atoms with E-state index in [9.17, 15) is 32.3 Å². The van der Waals surface area contributed by atoms with E-state index in [0.29, 0.717) is 17.7 Å². The largest absolute Gasteiger partial charge is 0.465 e. The number of piperazine rings is 1. The van der Waals surface area contributed by atoms with Crippen LogP contribution in [-0.4, -0.2) is 66.4 Å². The fourth-order valence-corrected chi connectivity index (χ4v) is 5.58. The zero-order chi connectivity index (χ0) is 31.4. The molecule has 2 atom stereocenters. The minimum absolute atomic E-state index is 0.00223. The van der Waals surface area contributed by atoms with E-state index in [4.69, 9.17) is 0 Å². The van der Waals surface area contributed by atoms with Gasteiger partial charge in [0.1, 0.15) is 6.04 Å². The summed E-state index contributed by atoms with van der Waals surface area (Å²) in [5.74, 6) is -1.60. The highest BCUT2D eigenvalue weighted by Crippen LogP contribution is 2.31. The van der Waals surface area contributed by atoms with E-state index in [1.807, 2.05) is 24.3 Å². The summed E-state index contributed by atoms with van der Waals surface area (Å²) in [4.78, 5) is 55.0. The maximum Gasteiger partial charge on any atom is 0.416 e. The minimum atomic E-state index is -4.56. The van der Waals surface area contributed by atoms with E-state index < -0.39 is 41.6 Å². The SMILES string of the molecule is COC(=O)c1ccc(NC(=O)N2CCN(C(=O)c3ccc(C(F)(F)F)cc3)C(C(=O)NC3CCCc4ccccc43)C2)cc1. The van der Waals surface area contributed by atoms with Gasteiger partial charge in [0.25, 0.3) is 5.91 Å². The Morgan fingerprint density at radius 2 is 1.57 bits per heavy atom. The van der Waals surface area contributed by atoms with Crippen LogP contribution in [0.25, 0.3) is 0 Å². The van der Waals surface area contributed by atoms with E-state index in [-0.39, 0.29) is 31.2 Å². The van der Waals surface area contributed by atoms with Crippen LogP contribution >= 0.6 is 0 Å². The maximum absolute atomic E-state index is 13.8. The fraction of sp³-hybridized carbons (Fsp3) is 0.312. The number of hydrogen-bond donors (Lipinski definition) is 2. The highest BCUT2D eigenvalue weighted by atomic mass is 19.4. The lowest BCUT2D eigenvalue weighted by atomic mass is 9.87. The van der Waals surface area contributed by atoms with E-state index >= 15 is 0 Å². The van der Waals surface area contributed by atoms with Crippen molar-refractivity contribution in [2.24, 2.45) is 0 Å². The van der Waals surface area contributed by atoms with Crippen molar-refractivity contribution in [3.8, 4) is 0 Å². The van der Waals surface area contributed by atoms with Gasteiger partial charge in [-0.25, -0.2) is 9.59 Å². The topological polar surface area (TPSA) is 108 Å². The van der Waals surface area contributed by atoms with Crippen molar-refractivity contribution < 1.29 is 37.1 Å². The Morgan fingerprint density at radius 1 is 0.886 bits per heavy atom. The molecule has 2 aliphatic rings. The summed E-state index contributed by atoms with van der Waals surface area (Å²) in [6, 6.07) is 15.8. The molecule has 1 saturated heterocycles. The first-order valence-corrected chi connectivity index (χ1v) is 14.2. The van der Waals surface area contributed by atoms with Gasteiger partial charge in [-0.2, -0.15) is 13.2 Å². The van der Waals surface area contributed by atoms with Gasteiger partial charge in [-0.1, -0.05) is 24.3 Å². The second kappa shape index (κ2) is 12.8. The van der Waals surface area contributed by atoms with Crippen LogP contribution in [0, 0.1) is 0 Å². The first-order chi connectivity index (χ1) is 21.0. The molecule has 0 radical (unpaired) electrons. The predicted octanol–water partition coefficient (Wildman–Crippen LogP) is 5.04. The molecule has 2 unspecified atom stereocenters. The second-order valence-corrected chi connectivity index (χ2v) is 10.7. The van der Waals surface area contributed by atoms with Crippen molar-refractivity contribution in [1.82, 2.24) is 15.1 Å². The van der Waals surface area contributed by atoms with Gasteiger partial charge < -0.3 is 25.2 Å². The standard InChI is InChI=1S/C32H31F3N4O5/c1-44-30(42)22-11-15-24(16-12-22)36-31(43)38-17-18-39(29(41)21-9-13-23(14-10-21)32(33,34)35)27(19-38)28(40)37-26-8-4-6-20-5-2-3-7-25(20)26/h2-3,5,7,9-16,26-27H,4,6,8,17-19H2,1H3,(H,36,43)(H,37,40). The maximum atomic E-state index is 13.8. The molecule has 4 amide bonds. The predicted molar refractivity (Wildman–Crippen MR) is 155 cm³/mol. The first kappa shape index (κ1) is 30.6. The molecule has 0 bridgehead atoms. The molecule has 3 aromatic carbocycles. The lowest BCUT2D eigenvalue weighted by Crippen LogP contribution is -2.62. The van der Waals surface area contributed by atoms with Crippen LogP contribution in [0.1, 0.15) is 56.3 Å². The Kier molecular flexibility index (Phi) is 8.88. The number of urea groups is 1. The monoisotopic (exact) mass is 608 g/mol. The van der Waals surface area contributed by atoms with Gasteiger partial charge in [0.2, 0.25) is 5.91 Å². The number of amides is 4. The summed E-state index contributed by atoms with van der Waals surface area (Å²) in [5, 5.41) is 5.80. The number of alkyl halides is 3. The normalized spacial score (nSPS) is 18.2. The zero-order valence-electron chi connectivity index (χ0n) is 23.9. The van der Waals surface area contributed by atoms with Gasteiger partial charge in [0, 0.05) is 24.3 Å². The molecule has 1 heterocycles. The molecule has 0 aromatic heterocycles. The number of anilines is 1. The highest BCUT2D eigenvalue weighted by Gasteiger charge is 2.39. The first-order valence-electron chi connectivity index (χ1n) is 14.2. The average molecular weight is 609 g/mol. The minimum Gasteiger partial charge on any atom is -0.465 e. The van der Waals surface area contributed by atoms with Crippen LogP contribution in [-0.2, 0) is 22.1 Å². The number of nitrogens with zero attached hydrogens (tertiary/aromatic N) is 2. The number of carbonyl (C=O) groups excluding carboxylic acids is 4. The summed E-state index contributed by atoms with van der Waals surface area (Å²) in [6.45, 7) is -0.0823. The number of benzene rings is 3. The van der Waals surface area contributed by atoms with Crippen molar-refractivity contribution in [3.63, 3.8) is 0 Å². The number of esters is 1. The molecule has 0 spiro atoms. The lowest BCUT2D eigenvalue weighted by molar-refractivity contribution is -0.137. The second-order valence-electron chi connectivity index (χ2n) is 10.7. The Labute approximate surface area is 252 Å². The highest BCUT2D eigenvalue weighted by molar-refractivity contribution is 5.99. The number of hydrogen-bond acceptors (Lipinski definition) is 5. The molecule has 12 heteroatoms. The Bertz CT molecular complexity index is 1540. The van der Waals surface area contributed by atoms with Gasteiger partial charge in [0.15, 0.2) is 0 Å². The number of nitrogens with one attached hydrogen (secondary N) is 2. The molecular formula is C32H31F3N4O5. The van der Waals surface area contributed by atoms with Crippen LogP contribution < -0.4 is 10.6 Å². The number of methoxy groups -OCH3 is 1. The van der Waals surface area contributed by atoms with Crippen molar-refractivity contribution in [1.29, 1.82) is 0 Å². The molecule has 2 N–H and O–H groups in total. The molecule has 1 aliphatic heterocycles. The van der Waals surface area contributed by atoms with Gasteiger partial charge >= 0.3 is 18.2 Å². The Morgan fingerprint density at radius 3 is 2.25 bits per heavy atom. The van der Waals surface area contributed by atoms with Crippen molar-refractivity contribution in [2.75, 3.05) is 32.1 Å². The summed E-state index contributed by atoms with van der Waals surface area (Å²) in [6.07, 6.45) is -2.10.